The monoisotopic (exact) mass is 286 g/mol. The van der Waals surface area contributed by atoms with E-state index < -0.39 is 29.2 Å². The van der Waals surface area contributed by atoms with Gasteiger partial charge in [0.05, 0.1) is 12.2 Å². The van der Waals surface area contributed by atoms with Crippen molar-refractivity contribution in [1.29, 1.82) is 0 Å². The van der Waals surface area contributed by atoms with Crippen molar-refractivity contribution in [2.75, 3.05) is 6.61 Å². The number of benzene rings is 1. The van der Waals surface area contributed by atoms with Crippen LogP contribution in [0.3, 0.4) is 0 Å². The quantitative estimate of drug-likeness (QED) is 0.212. The van der Waals surface area contributed by atoms with Crippen LogP contribution in [0.5, 0.6) is 0 Å². The molecule has 8 heteroatoms. The molecule has 0 N–H and O–H groups in total. The number of nitrogens with zero attached hydrogens (tertiary/aromatic N) is 2. The predicted octanol–water partition coefficient (Wildman–Crippen LogP) is 2.12. The van der Waals surface area contributed by atoms with E-state index in [4.69, 9.17) is 5.53 Å². The molecule has 0 saturated heterocycles. The van der Waals surface area contributed by atoms with Crippen molar-refractivity contribution in [1.82, 2.24) is 0 Å². The number of carbonyl (C=O) groups excluding carboxylic acids is 2. The first-order valence-corrected chi connectivity index (χ1v) is 5.42. The minimum absolute atomic E-state index is 0.0435. The van der Waals surface area contributed by atoms with Crippen molar-refractivity contribution >= 4 is 17.5 Å². The molecule has 0 heterocycles. The number of hydrogen-bond donors (Lipinski definition) is 0. The number of ketones is 1. The van der Waals surface area contributed by atoms with Crippen LogP contribution in [0.4, 0.5) is 13.2 Å². The van der Waals surface area contributed by atoms with E-state index >= 15 is 0 Å². The van der Waals surface area contributed by atoms with E-state index in [2.05, 4.69) is 9.53 Å². The highest BCUT2D eigenvalue weighted by Gasteiger charge is 2.34. The summed E-state index contributed by atoms with van der Waals surface area (Å²) in [6, 6.07) is 3.14. The number of alkyl halides is 3. The van der Waals surface area contributed by atoms with Crippen molar-refractivity contribution in [2.45, 2.75) is 13.1 Å². The van der Waals surface area contributed by atoms with Gasteiger partial charge in [0, 0.05) is 5.56 Å². The lowest BCUT2D eigenvalue weighted by molar-refractivity contribution is -0.139. The second-order valence-corrected chi connectivity index (χ2v) is 3.57. The van der Waals surface area contributed by atoms with Crippen LogP contribution in [0.15, 0.2) is 24.3 Å². The van der Waals surface area contributed by atoms with Gasteiger partial charge in [0.1, 0.15) is 0 Å². The third-order valence-electron chi connectivity index (χ3n) is 2.26. The Kier molecular flexibility index (Phi) is 4.77. The third kappa shape index (κ3) is 3.52. The van der Waals surface area contributed by atoms with Crippen LogP contribution in [0.25, 0.3) is 5.53 Å². The summed E-state index contributed by atoms with van der Waals surface area (Å²) in [4.78, 5) is 25.6. The summed E-state index contributed by atoms with van der Waals surface area (Å²) in [6.07, 6.45) is -4.53. The molecule has 0 fully saturated rings. The number of esters is 1. The largest absolute Gasteiger partial charge is 0.457 e. The van der Waals surface area contributed by atoms with Gasteiger partial charge in [-0.15, -0.1) is 0 Å². The van der Waals surface area contributed by atoms with Crippen LogP contribution < -0.4 is 0 Å². The van der Waals surface area contributed by atoms with E-state index in [1.807, 2.05) is 0 Å². The lowest BCUT2D eigenvalue weighted by Gasteiger charge is -2.06. The number of rotatable bonds is 4. The molecule has 0 aliphatic carbocycles. The van der Waals surface area contributed by atoms with E-state index in [1.165, 1.54) is 6.92 Å². The summed E-state index contributed by atoms with van der Waals surface area (Å²) in [7, 11) is 0. The molecule has 0 atom stereocenters. The highest BCUT2D eigenvalue weighted by molar-refractivity contribution is 6.65. The fourth-order valence-electron chi connectivity index (χ4n) is 1.33. The summed E-state index contributed by atoms with van der Waals surface area (Å²) >= 11 is 0. The van der Waals surface area contributed by atoms with Gasteiger partial charge in [0.25, 0.3) is 5.78 Å². The van der Waals surface area contributed by atoms with Gasteiger partial charge in [-0.1, -0.05) is 12.1 Å². The molecular formula is C12H9F3N2O3. The molecule has 0 amide bonds. The Morgan fingerprint density at radius 2 is 1.80 bits per heavy atom. The van der Waals surface area contributed by atoms with Gasteiger partial charge < -0.3 is 10.3 Å². The van der Waals surface area contributed by atoms with E-state index in [9.17, 15) is 22.8 Å². The summed E-state index contributed by atoms with van der Waals surface area (Å²) in [5, 5.41) is 0. The van der Waals surface area contributed by atoms with Crippen molar-refractivity contribution in [3.8, 4) is 0 Å². The summed E-state index contributed by atoms with van der Waals surface area (Å²) in [6.45, 7) is 1.44. The fourth-order valence-corrected chi connectivity index (χ4v) is 1.33. The van der Waals surface area contributed by atoms with Gasteiger partial charge in [-0.2, -0.15) is 18.0 Å². The van der Waals surface area contributed by atoms with Crippen LogP contribution in [0.1, 0.15) is 22.8 Å². The lowest BCUT2D eigenvalue weighted by atomic mass is 10.0. The molecule has 5 nitrogen and oxygen atoms in total. The van der Waals surface area contributed by atoms with Crippen molar-refractivity contribution in [3.05, 3.63) is 40.9 Å². The average molecular weight is 286 g/mol. The topological polar surface area (TPSA) is 79.8 Å². The smallest absolute Gasteiger partial charge is 0.446 e. The molecule has 0 radical (unpaired) electrons. The van der Waals surface area contributed by atoms with Crippen LogP contribution in [0.2, 0.25) is 0 Å². The van der Waals surface area contributed by atoms with Gasteiger partial charge in [-0.25, -0.2) is 4.79 Å². The molecule has 0 aliphatic heterocycles. The third-order valence-corrected chi connectivity index (χ3v) is 2.26. The molecule has 1 aromatic carbocycles. The lowest BCUT2D eigenvalue weighted by Crippen LogP contribution is -2.27. The van der Waals surface area contributed by atoms with E-state index in [-0.39, 0.29) is 12.2 Å². The van der Waals surface area contributed by atoms with Gasteiger partial charge in [0.15, 0.2) is 0 Å². The molecule has 0 saturated carbocycles. The summed E-state index contributed by atoms with van der Waals surface area (Å²) < 4.78 is 41.5. The van der Waals surface area contributed by atoms with Crippen LogP contribution in [-0.2, 0) is 15.7 Å². The van der Waals surface area contributed by atoms with Crippen molar-refractivity contribution in [3.63, 3.8) is 0 Å². The van der Waals surface area contributed by atoms with E-state index in [1.54, 1.807) is 0 Å². The SMILES string of the molecule is CCOC(=O)C(=[N+]=[N-])C(=O)c1ccc(C(F)(F)F)cc1. The number of Topliss-reactive ketones (excluding diaryl/α,β-unsaturated/α-hetero) is 1. The Morgan fingerprint density at radius 1 is 1.25 bits per heavy atom. The molecule has 0 aliphatic rings. The molecule has 0 bridgehead atoms. The number of halogens is 3. The fraction of sp³-hybridized carbons (Fsp3) is 0.250. The maximum atomic E-state index is 12.4. The first kappa shape index (κ1) is 15.6. The van der Waals surface area contributed by atoms with Crippen molar-refractivity contribution in [2.24, 2.45) is 0 Å². The average Bonchev–Trinajstić information content (AvgIpc) is 2.39. The number of carbonyl (C=O) groups is 2. The van der Waals surface area contributed by atoms with E-state index in [0.29, 0.717) is 12.1 Å². The maximum Gasteiger partial charge on any atom is 0.446 e. The second kappa shape index (κ2) is 6.12. The highest BCUT2D eigenvalue weighted by Crippen LogP contribution is 2.29. The zero-order valence-electron chi connectivity index (χ0n) is 10.3. The van der Waals surface area contributed by atoms with Gasteiger partial charge in [-0.3, -0.25) is 4.79 Å². The molecule has 0 unspecified atom stereocenters. The molecule has 1 aromatic rings. The Bertz CT molecular complexity index is 573. The Labute approximate surface area is 111 Å². The Morgan fingerprint density at radius 3 is 2.20 bits per heavy atom. The minimum atomic E-state index is -4.53. The second-order valence-electron chi connectivity index (χ2n) is 3.57. The normalized spacial score (nSPS) is 10.6. The summed E-state index contributed by atoms with van der Waals surface area (Å²) in [5.41, 5.74) is 6.57. The Hall–Kier alpha value is -2.47. The number of ether oxygens (including phenoxy) is 1. The van der Waals surface area contributed by atoms with E-state index in [0.717, 1.165) is 12.1 Å². The zero-order chi connectivity index (χ0) is 15.3. The molecule has 1 rings (SSSR count). The first-order chi connectivity index (χ1) is 9.31. The Balaban J connectivity index is 3.04. The van der Waals surface area contributed by atoms with Gasteiger partial charge in [0.2, 0.25) is 0 Å². The molecular weight excluding hydrogens is 277 g/mol. The minimum Gasteiger partial charge on any atom is -0.457 e. The van der Waals surface area contributed by atoms with Crippen LogP contribution in [0, 0.1) is 0 Å². The van der Waals surface area contributed by atoms with Crippen LogP contribution in [-0.4, -0.2) is 28.9 Å². The standard InChI is InChI=1S/C12H9F3N2O3/c1-2-20-11(19)9(17-16)10(18)7-3-5-8(6-4-7)12(13,14)15/h3-6H,2H2,1H3. The summed E-state index contributed by atoms with van der Waals surface area (Å²) in [5.74, 6) is -2.18. The molecule has 20 heavy (non-hydrogen) atoms. The van der Waals surface area contributed by atoms with Crippen LogP contribution >= 0.6 is 0 Å². The first-order valence-electron chi connectivity index (χ1n) is 5.42. The van der Waals surface area contributed by atoms with Gasteiger partial charge >= 0.3 is 17.9 Å². The van der Waals surface area contributed by atoms with Crippen molar-refractivity contribution < 1.29 is 32.3 Å². The molecule has 0 aromatic heterocycles. The zero-order valence-corrected chi connectivity index (χ0v) is 10.3. The predicted molar refractivity (Wildman–Crippen MR) is 61.0 cm³/mol. The number of hydrogen-bond acceptors (Lipinski definition) is 3. The molecule has 106 valence electrons. The molecule has 0 spiro atoms. The maximum absolute atomic E-state index is 12.4. The highest BCUT2D eigenvalue weighted by atomic mass is 19.4. The van der Waals surface area contributed by atoms with Gasteiger partial charge in [-0.05, 0) is 19.1 Å².